The quantitative estimate of drug-likeness (QED) is 0.742. The number of fused-ring (bicyclic) bond motifs is 2. The molecule has 1 atom stereocenters. The lowest BCUT2D eigenvalue weighted by molar-refractivity contribution is 0.129. The van der Waals surface area contributed by atoms with Crippen molar-refractivity contribution < 1.29 is 0 Å². The highest BCUT2D eigenvalue weighted by atomic mass is 14.6. The molecule has 3 rings (SSSR count). The number of hydrogen-bond donors (Lipinski definition) is 1. The predicted octanol–water partition coefficient (Wildman–Crippen LogP) is 2.63. The summed E-state index contributed by atoms with van der Waals surface area (Å²) in [7, 11) is 0. The Morgan fingerprint density at radius 1 is 1.27 bits per heavy atom. The van der Waals surface area contributed by atoms with Gasteiger partial charge in [0.2, 0.25) is 0 Å². The average molecular weight is 201 g/mol. The van der Waals surface area contributed by atoms with Gasteiger partial charge >= 0.3 is 0 Å². The fourth-order valence-electron chi connectivity index (χ4n) is 3.63. The van der Waals surface area contributed by atoms with Gasteiger partial charge in [0.1, 0.15) is 0 Å². The topological polar surface area (TPSA) is 26.0 Å². The summed E-state index contributed by atoms with van der Waals surface area (Å²) < 4.78 is 0. The van der Waals surface area contributed by atoms with Gasteiger partial charge in [-0.05, 0) is 54.7 Å². The van der Waals surface area contributed by atoms with E-state index in [2.05, 4.69) is 24.3 Å². The molecule has 1 aromatic rings. The van der Waals surface area contributed by atoms with E-state index < -0.39 is 0 Å². The normalized spacial score (nSPS) is 27.1. The zero-order chi connectivity index (χ0) is 10.3. The summed E-state index contributed by atoms with van der Waals surface area (Å²) in [5.74, 6) is 0.737. The second-order valence-electron chi connectivity index (χ2n) is 5.14. The molecule has 1 saturated carbocycles. The molecule has 1 aromatic carbocycles. The summed E-state index contributed by atoms with van der Waals surface area (Å²) in [5, 5.41) is 0. The van der Waals surface area contributed by atoms with Gasteiger partial charge in [0.05, 0.1) is 0 Å². The number of nitrogens with two attached hydrogens (primary N) is 1. The van der Waals surface area contributed by atoms with Crippen LogP contribution in [0.15, 0.2) is 24.3 Å². The van der Waals surface area contributed by atoms with Crippen molar-refractivity contribution in [3.63, 3.8) is 0 Å². The van der Waals surface area contributed by atoms with Gasteiger partial charge in [0.25, 0.3) is 0 Å². The summed E-state index contributed by atoms with van der Waals surface area (Å²) in [4.78, 5) is 0. The van der Waals surface area contributed by atoms with Gasteiger partial charge in [-0.15, -0.1) is 0 Å². The molecule has 1 fully saturated rings. The van der Waals surface area contributed by atoms with E-state index in [4.69, 9.17) is 5.73 Å². The molecule has 1 nitrogen and oxygen atoms in total. The molecule has 0 bridgehead atoms. The Balaban J connectivity index is 2.08. The van der Waals surface area contributed by atoms with E-state index in [0.29, 0.717) is 5.41 Å². The van der Waals surface area contributed by atoms with Crippen LogP contribution in [0.5, 0.6) is 0 Å². The number of benzene rings is 1. The van der Waals surface area contributed by atoms with Crippen LogP contribution in [-0.4, -0.2) is 6.54 Å². The summed E-state index contributed by atoms with van der Waals surface area (Å²) in [5.41, 5.74) is 9.63. The van der Waals surface area contributed by atoms with E-state index in [9.17, 15) is 0 Å². The summed E-state index contributed by atoms with van der Waals surface area (Å²) in [6, 6.07) is 9.02. The fourth-order valence-corrected chi connectivity index (χ4v) is 3.63. The molecular formula is C14H19N. The smallest absolute Gasteiger partial charge is 0.000390 e. The maximum atomic E-state index is 5.95. The first kappa shape index (κ1) is 9.41. The zero-order valence-corrected chi connectivity index (χ0v) is 9.21. The fraction of sp³-hybridized carbons (Fsp3) is 0.571. The van der Waals surface area contributed by atoms with Gasteiger partial charge in [-0.2, -0.15) is 0 Å². The van der Waals surface area contributed by atoms with Crippen molar-refractivity contribution >= 4 is 0 Å². The molecule has 1 unspecified atom stereocenters. The lowest BCUT2D eigenvalue weighted by Gasteiger charge is -2.51. The van der Waals surface area contributed by atoms with E-state index in [1.165, 1.54) is 32.1 Å². The summed E-state index contributed by atoms with van der Waals surface area (Å²) in [6.45, 7) is 0.869. The number of aryl methyl sites for hydroxylation is 1. The standard InChI is InChI=1S/C14H19N/c15-10-12-7-6-11-4-1-2-5-13(11)14(12)8-3-9-14/h1-2,4-5,12H,3,6-10,15H2. The monoisotopic (exact) mass is 201 g/mol. The second kappa shape index (κ2) is 3.34. The third-order valence-corrected chi connectivity index (χ3v) is 4.63. The van der Waals surface area contributed by atoms with Crippen molar-refractivity contribution in [2.75, 3.05) is 6.54 Å². The Hall–Kier alpha value is -0.820. The Morgan fingerprint density at radius 2 is 2.07 bits per heavy atom. The van der Waals surface area contributed by atoms with Gasteiger partial charge in [0.15, 0.2) is 0 Å². The van der Waals surface area contributed by atoms with E-state index in [1.807, 2.05) is 0 Å². The van der Waals surface area contributed by atoms with Crippen LogP contribution in [0.1, 0.15) is 36.8 Å². The highest BCUT2D eigenvalue weighted by Gasteiger charge is 2.47. The van der Waals surface area contributed by atoms with Crippen LogP contribution in [-0.2, 0) is 11.8 Å². The van der Waals surface area contributed by atoms with Crippen molar-refractivity contribution in [2.24, 2.45) is 11.7 Å². The molecule has 2 N–H and O–H groups in total. The van der Waals surface area contributed by atoms with Crippen LogP contribution in [0.2, 0.25) is 0 Å². The second-order valence-corrected chi connectivity index (χ2v) is 5.14. The van der Waals surface area contributed by atoms with Crippen LogP contribution in [0, 0.1) is 5.92 Å². The molecule has 15 heavy (non-hydrogen) atoms. The largest absolute Gasteiger partial charge is 0.330 e. The van der Waals surface area contributed by atoms with Crippen LogP contribution >= 0.6 is 0 Å². The lowest BCUT2D eigenvalue weighted by atomic mass is 9.53. The molecule has 2 aliphatic rings. The molecule has 80 valence electrons. The average Bonchev–Trinajstić information content (AvgIpc) is 2.25. The Kier molecular flexibility index (Phi) is 2.10. The van der Waals surface area contributed by atoms with Crippen LogP contribution in [0.4, 0.5) is 0 Å². The molecule has 2 aliphatic carbocycles. The first-order valence-corrected chi connectivity index (χ1v) is 6.15. The molecule has 0 radical (unpaired) electrons. The molecular weight excluding hydrogens is 182 g/mol. The Labute approximate surface area is 91.7 Å². The predicted molar refractivity (Wildman–Crippen MR) is 62.8 cm³/mol. The molecule has 0 aliphatic heterocycles. The summed E-state index contributed by atoms with van der Waals surface area (Å²) >= 11 is 0. The van der Waals surface area contributed by atoms with E-state index in [0.717, 1.165) is 12.5 Å². The van der Waals surface area contributed by atoms with Gasteiger partial charge in [-0.1, -0.05) is 30.7 Å². The minimum absolute atomic E-state index is 0.476. The van der Waals surface area contributed by atoms with Crippen molar-refractivity contribution in [3.8, 4) is 0 Å². The van der Waals surface area contributed by atoms with Crippen molar-refractivity contribution in [1.82, 2.24) is 0 Å². The first-order chi connectivity index (χ1) is 7.37. The summed E-state index contributed by atoms with van der Waals surface area (Å²) in [6.07, 6.45) is 6.66. The highest BCUT2D eigenvalue weighted by Crippen LogP contribution is 2.53. The van der Waals surface area contributed by atoms with Crippen LogP contribution in [0.25, 0.3) is 0 Å². The minimum Gasteiger partial charge on any atom is -0.330 e. The van der Waals surface area contributed by atoms with Crippen LogP contribution in [0.3, 0.4) is 0 Å². The van der Waals surface area contributed by atoms with Crippen LogP contribution < -0.4 is 5.73 Å². The van der Waals surface area contributed by atoms with Gasteiger partial charge in [-0.3, -0.25) is 0 Å². The maximum Gasteiger partial charge on any atom is -0.000390 e. The zero-order valence-electron chi connectivity index (χ0n) is 9.21. The van der Waals surface area contributed by atoms with Crippen molar-refractivity contribution in [2.45, 2.75) is 37.5 Å². The third-order valence-electron chi connectivity index (χ3n) is 4.63. The van der Waals surface area contributed by atoms with E-state index in [1.54, 1.807) is 11.1 Å². The van der Waals surface area contributed by atoms with Gasteiger partial charge in [-0.25, -0.2) is 0 Å². The van der Waals surface area contributed by atoms with Gasteiger partial charge < -0.3 is 5.73 Å². The molecule has 1 spiro atoms. The van der Waals surface area contributed by atoms with Crippen molar-refractivity contribution in [1.29, 1.82) is 0 Å². The SMILES string of the molecule is NCC1CCc2ccccc2C12CCC2. The lowest BCUT2D eigenvalue weighted by Crippen LogP contribution is -2.48. The van der Waals surface area contributed by atoms with Crippen molar-refractivity contribution in [3.05, 3.63) is 35.4 Å². The number of hydrogen-bond acceptors (Lipinski definition) is 1. The number of rotatable bonds is 1. The van der Waals surface area contributed by atoms with E-state index >= 15 is 0 Å². The molecule has 0 amide bonds. The van der Waals surface area contributed by atoms with Gasteiger partial charge in [0, 0.05) is 0 Å². The molecule has 1 heteroatoms. The minimum atomic E-state index is 0.476. The first-order valence-electron chi connectivity index (χ1n) is 6.15. The Morgan fingerprint density at radius 3 is 2.73 bits per heavy atom. The third kappa shape index (κ3) is 1.19. The highest BCUT2D eigenvalue weighted by molar-refractivity contribution is 5.39. The Bertz CT molecular complexity index is 365. The molecule has 0 heterocycles. The van der Waals surface area contributed by atoms with E-state index in [-0.39, 0.29) is 0 Å². The molecule has 0 saturated heterocycles. The maximum absolute atomic E-state index is 5.95. The molecule has 0 aromatic heterocycles.